The highest BCUT2D eigenvalue weighted by molar-refractivity contribution is 5.86. The normalized spacial score (nSPS) is 26.8. The van der Waals surface area contributed by atoms with Crippen LogP contribution in [0.1, 0.15) is 51.6 Å². The van der Waals surface area contributed by atoms with Gasteiger partial charge in [0.1, 0.15) is 11.6 Å². The first-order chi connectivity index (χ1) is 13.2. The number of hydrogen-bond donors (Lipinski definition) is 0. The summed E-state index contributed by atoms with van der Waals surface area (Å²) in [6.45, 7) is 7.99. The van der Waals surface area contributed by atoms with E-state index in [9.17, 15) is 14.4 Å². The van der Waals surface area contributed by atoms with E-state index in [1.165, 1.54) is 0 Å². The average molecular weight is 387 g/mol. The molecule has 4 rings (SSSR count). The van der Waals surface area contributed by atoms with Crippen LogP contribution in [0.3, 0.4) is 0 Å². The van der Waals surface area contributed by atoms with Crippen molar-refractivity contribution in [1.82, 2.24) is 14.4 Å². The molecule has 2 saturated heterocycles. The van der Waals surface area contributed by atoms with Gasteiger partial charge in [-0.05, 0) is 52.0 Å². The van der Waals surface area contributed by atoms with Crippen molar-refractivity contribution in [2.24, 2.45) is 5.92 Å². The van der Waals surface area contributed by atoms with Crippen LogP contribution in [0.5, 0.6) is 0 Å². The Labute approximate surface area is 165 Å². The van der Waals surface area contributed by atoms with Crippen molar-refractivity contribution in [2.75, 3.05) is 19.6 Å². The van der Waals surface area contributed by atoms with E-state index >= 15 is 0 Å². The van der Waals surface area contributed by atoms with Crippen LogP contribution < -0.4 is 5.56 Å². The monoisotopic (exact) mass is 387 g/mol. The SMILES string of the molecule is CC(C)(C)OC(=O)N1CCC[C@@H]1C(=O)N1C[C@@H]2C[C@@H](C1)c1cccc(=O)n1C2. The number of rotatable bonds is 1. The lowest BCUT2D eigenvalue weighted by atomic mass is 9.83. The molecule has 2 fully saturated rings. The summed E-state index contributed by atoms with van der Waals surface area (Å²) in [6.07, 6.45) is 2.10. The smallest absolute Gasteiger partial charge is 0.410 e. The molecule has 0 aromatic carbocycles. The molecule has 28 heavy (non-hydrogen) atoms. The summed E-state index contributed by atoms with van der Waals surface area (Å²) in [5.41, 5.74) is 0.488. The molecule has 2 amide bonds. The Morgan fingerprint density at radius 1 is 1.14 bits per heavy atom. The lowest BCUT2D eigenvalue weighted by Crippen LogP contribution is -2.54. The number of ether oxygens (including phenoxy) is 1. The number of aromatic nitrogens is 1. The topological polar surface area (TPSA) is 71.8 Å². The molecule has 2 bridgehead atoms. The van der Waals surface area contributed by atoms with Gasteiger partial charge in [-0.3, -0.25) is 14.5 Å². The molecule has 1 aromatic rings. The Bertz CT molecular complexity index is 841. The van der Waals surface area contributed by atoms with Crippen LogP contribution in [0.15, 0.2) is 23.0 Å². The van der Waals surface area contributed by atoms with Crippen molar-refractivity contribution in [1.29, 1.82) is 0 Å². The van der Waals surface area contributed by atoms with Gasteiger partial charge < -0.3 is 14.2 Å². The minimum absolute atomic E-state index is 0.0183. The van der Waals surface area contributed by atoms with Crippen molar-refractivity contribution in [3.05, 3.63) is 34.2 Å². The highest BCUT2D eigenvalue weighted by Gasteiger charge is 2.42. The van der Waals surface area contributed by atoms with Crippen molar-refractivity contribution in [2.45, 2.75) is 64.1 Å². The Morgan fingerprint density at radius 3 is 2.68 bits per heavy atom. The van der Waals surface area contributed by atoms with Gasteiger partial charge in [0.25, 0.3) is 5.56 Å². The Hall–Kier alpha value is -2.31. The Kier molecular flexibility index (Phi) is 4.71. The number of amides is 2. The molecule has 0 aliphatic carbocycles. The van der Waals surface area contributed by atoms with Crippen molar-refractivity contribution >= 4 is 12.0 Å². The second kappa shape index (κ2) is 6.94. The summed E-state index contributed by atoms with van der Waals surface area (Å²) in [7, 11) is 0. The van der Waals surface area contributed by atoms with Crippen molar-refractivity contribution < 1.29 is 14.3 Å². The molecule has 0 N–H and O–H groups in total. The van der Waals surface area contributed by atoms with E-state index in [1.54, 1.807) is 17.0 Å². The minimum atomic E-state index is -0.577. The van der Waals surface area contributed by atoms with Gasteiger partial charge in [0.15, 0.2) is 0 Å². The van der Waals surface area contributed by atoms with Crippen LogP contribution in [0.2, 0.25) is 0 Å². The molecule has 0 radical (unpaired) electrons. The zero-order valence-corrected chi connectivity index (χ0v) is 16.9. The third-order valence-corrected chi connectivity index (χ3v) is 5.96. The molecule has 4 heterocycles. The number of carbonyl (C=O) groups is 2. The van der Waals surface area contributed by atoms with E-state index in [1.807, 2.05) is 36.3 Å². The predicted molar refractivity (Wildman–Crippen MR) is 104 cm³/mol. The zero-order chi connectivity index (χ0) is 20.1. The third-order valence-electron chi connectivity index (χ3n) is 5.96. The summed E-state index contributed by atoms with van der Waals surface area (Å²) in [6, 6.07) is 4.96. The second-order valence-corrected chi connectivity index (χ2v) is 9.27. The van der Waals surface area contributed by atoms with Crippen LogP contribution in [0.25, 0.3) is 0 Å². The predicted octanol–water partition coefficient (Wildman–Crippen LogP) is 2.19. The van der Waals surface area contributed by atoms with Gasteiger partial charge in [0, 0.05) is 43.9 Å². The van der Waals surface area contributed by atoms with E-state index in [2.05, 4.69) is 0 Å². The van der Waals surface area contributed by atoms with Gasteiger partial charge in [0.2, 0.25) is 5.91 Å². The quantitative estimate of drug-likeness (QED) is 0.741. The standard InChI is InChI=1S/C21H29N3O4/c1-21(2,3)28-20(27)23-9-5-7-17(23)19(26)22-11-14-10-15(13-22)16-6-4-8-18(25)24(16)12-14/h4,6,8,14-15,17H,5,7,9-13H2,1-3H3/t14-,15-,17+/m0/s1. The van der Waals surface area contributed by atoms with Crippen molar-refractivity contribution in [3.63, 3.8) is 0 Å². The molecule has 3 aliphatic rings. The van der Waals surface area contributed by atoms with Crippen LogP contribution in [0, 0.1) is 5.92 Å². The number of fused-ring (bicyclic) bond motifs is 4. The van der Waals surface area contributed by atoms with E-state index in [4.69, 9.17) is 4.74 Å². The number of hydrogen-bond acceptors (Lipinski definition) is 4. The van der Waals surface area contributed by atoms with Gasteiger partial charge in [-0.1, -0.05) is 6.07 Å². The summed E-state index contributed by atoms with van der Waals surface area (Å²) in [4.78, 5) is 41.5. The fourth-order valence-corrected chi connectivity index (χ4v) is 4.85. The highest BCUT2D eigenvalue weighted by atomic mass is 16.6. The van der Waals surface area contributed by atoms with Crippen LogP contribution in [-0.2, 0) is 16.1 Å². The Morgan fingerprint density at radius 2 is 1.93 bits per heavy atom. The number of nitrogens with zero attached hydrogens (tertiary/aromatic N) is 3. The maximum atomic E-state index is 13.3. The number of likely N-dealkylation sites (tertiary alicyclic amines) is 2. The van der Waals surface area contributed by atoms with Gasteiger partial charge in [-0.2, -0.15) is 0 Å². The summed E-state index contributed by atoms with van der Waals surface area (Å²) in [5, 5.41) is 0. The molecule has 152 valence electrons. The van der Waals surface area contributed by atoms with E-state index in [0.29, 0.717) is 32.6 Å². The molecule has 7 nitrogen and oxygen atoms in total. The van der Waals surface area contributed by atoms with E-state index in [0.717, 1.165) is 18.5 Å². The molecule has 1 aromatic heterocycles. The highest BCUT2D eigenvalue weighted by Crippen LogP contribution is 2.36. The number of carbonyl (C=O) groups excluding carboxylic acids is 2. The van der Waals surface area contributed by atoms with E-state index in [-0.39, 0.29) is 23.3 Å². The summed E-state index contributed by atoms with van der Waals surface area (Å²) in [5.74, 6) is 0.484. The van der Waals surface area contributed by atoms with Gasteiger partial charge in [0.05, 0.1) is 0 Å². The lowest BCUT2D eigenvalue weighted by Gasteiger charge is -2.44. The second-order valence-electron chi connectivity index (χ2n) is 9.27. The molecule has 0 spiro atoms. The van der Waals surface area contributed by atoms with Crippen molar-refractivity contribution in [3.8, 4) is 0 Å². The first kappa shape index (κ1) is 19.0. The number of pyridine rings is 1. The molecule has 7 heteroatoms. The van der Waals surface area contributed by atoms with Crippen LogP contribution >= 0.6 is 0 Å². The zero-order valence-electron chi connectivity index (χ0n) is 16.9. The van der Waals surface area contributed by atoms with Gasteiger partial charge >= 0.3 is 6.09 Å². The average Bonchev–Trinajstić information content (AvgIpc) is 3.10. The van der Waals surface area contributed by atoms with Gasteiger partial charge in [-0.25, -0.2) is 4.79 Å². The molecule has 0 saturated carbocycles. The minimum Gasteiger partial charge on any atom is -0.444 e. The first-order valence-corrected chi connectivity index (χ1v) is 10.2. The third kappa shape index (κ3) is 3.54. The van der Waals surface area contributed by atoms with Gasteiger partial charge in [-0.15, -0.1) is 0 Å². The molecule has 3 aliphatic heterocycles. The maximum Gasteiger partial charge on any atom is 0.410 e. The molecular weight excluding hydrogens is 358 g/mol. The fourth-order valence-electron chi connectivity index (χ4n) is 4.85. The lowest BCUT2D eigenvalue weighted by molar-refractivity contribution is -0.138. The number of piperidine rings is 1. The molecular formula is C21H29N3O4. The molecule has 3 atom stereocenters. The molecule has 0 unspecified atom stereocenters. The fraction of sp³-hybridized carbons (Fsp3) is 0.667. The first-order valence-electron chi connectivity index (χ1n) is 10.2. The largest absolute Gasteiger partial charge is 0.444 e. The summed E-state index contributed by atoms with van der Waals surface area (Å²) >= 11 is 0. The Balaban J connectivity index is 1.50. The van der Waals surface area contributed by atoms with Crippen LogP contribution in [-0.4, -0.2) is 57.6 Å². The van der Waals surface area contributed by atoms with E-state index < -0.39 is 17.7 Å². The maximum absolute atomic E-state index is 13.3. The van der Waals surface area contributed by atoms with Crippen LogP contribution in [0.4, 0.5) is 4.79 Å². The summed E-state index contributed by atoms with van der Waals surface area (Å²) < 4.78 is 7.37.